The molecule has 0 aliphatic carbocycles. The molecule has 2 aromatic heterocycles. The third-order valence-corrected chi connectivity index (χ3v) is 6.56. The van der Waals surface area contributed by atoms with Crippen LogP contribution >= 0.6 is 0 Å². The first-order valence-corrected chi connectivity index (χ1v) is 13.6. The van der Waals surface area contributed by atoms with Crippen molar-refractivity contribution in [1.29, 1.82) is 0 Å². The maximum Gasteiger partial charge on any atom is 0.422 e. The van der Waals surface area contributed by atoms with Gasteiger partial charge in [-0.2, -0.15) is 0 Å². The topological polar surface area (TPSA) is 82.4 Å². The van der Waals surface area contributed by atoms with E-state index in [2.05, 4.69) is 5.10 Å². The van der Waals surface area contributed by atoms with E-state index in [1.165, 1.54) is 68.9 Å². The molecule has 2 heterocycles. The monoisotopic (exact) mass is 621 g/mol. The number of hydrogen-bond donors (Lipinski definition) is 0. The van der Waals surface area contributed by atoms with E-state index in [0.29, 0.717) is 11.3 Å². The second-order valence-corrected chi connectivity index (χ2v) is 10.8. The molecule has 0 aliphatic heterocycles. The van der Waals surface area contributed by atoms with Crippen LogP contribution < -0.4 is 14.4 Å². The highest BCUT2D eigenvalue weighted by Gasteiger charge is 2.40. The van der Waals surface area contributed by atoms with Gasteiger partial charge in [-0.3, -0.25) is 4.79 Å². The Bertz CT molecular complexity index is 1860. The number of anilines is 1. The normalized spacial score (nSPS) is 11.4. The summed E-state index contributed by atoms with van der Waals surface area (Å²) >= 11 is 0. The molecule has 12 heteroatoms. The molecule has 0 N–H and O–H groups in total. The van der Waals surface area contributed by atoms with Crippen molar-refractivity contribution in [2.24, 2.45) is 0 Å². The summed E-state index contributed by atoms with van der Waals surface area (Å²) in [6.45, 7) is 4.22. The van der Waals surface area contributed by atoms with Gasteiger partial charge < -0.3 is 14.2 Å². The lowest BCUT2D eigenvalue weighted by Gasteiger charge is -2.27. The number of hydrogen-bond acceptors (Lipinski definition) is 6. The van der Waals surface area contributed by atoms with Crippen LogP contribution in [0.1, 0.15) is 36.7 Å². The van der Waals surface area contributed by atoms with Crippen LogP contribution in [-0.4, -0.2) is 34.3 Å². The Morgan fingerprint density at radius 2 is 1.47 bits per heavy atom. The van der Waals surface area contributed by atoms with E-state index in [-0.39, 0.29) is 28.5 Å². The van der Waals surface area contributed by atoms with E-state index in [1.807, 2.05) is 0 Å². The first-order chi connectivity index (χ1) is 21.4. The number of methoxy groups -OCH3 is 1. The average molecular weight is 622 g/mol. The average Bonchev–Trinajstić information content (AvgIpc) is 3.39. The van der Waals surface area contributed by atoms with Crippen molar-refractivity contribution in [3.05, 3.63) is 113 Å². The fraction of sp³-hybridized carbons (Fsp3) is 0.182. The zero-order valence-corrected chi connectivity index (χ0v) is 24.6. The second-order valence-electron chi connectivity index (χ2n) is 10.8. The van der Waals surface area contributed by atoms with Crippen LogP contribution in [0.2, 0.25) is 0 Å². The summed E-state index contributed by atoms with van der Waals surface area (Å²) in [5.74, 6) is -8.72. The molecule has 0 saturated carbocycles. The van der Waals surface area contributed by atoms with Gasteiger partial charge >= 0.3 is 6.09 Å². The smallest absolute Gasteiger partial charge is 0.422 e. The SMILES string of the molecule is COc1ccc(COc2nn3ccccc3c2C(=O)N(C(=O)OC(C)(C)C)c2c(F)c(F)c(-c3ccccc3)c(F)c2F)cc1. The van der Waals surface area contributed by atoms with Gasteiger partial charge in [0.15, 0.2) is 23.3 Å². The van der Waals surface area contributed by atoms with Crippen LogP contribution in [-0.2, 0) is 11.3 Å². The van der Waals surface area contributed by atoms with Crippen LogP contribution in [0.15, 0.2) is 79.0 Å². The summed E-state index contributed by atoms with van der Waals surface area (Å²) in [7, 11) is 1.51. The molecule has 2 amide bonds. The Morgan fingerprint density at radius 3 is 2.07 bits per heavy atom. The molecule has 0 aliphatic rings. The van der Waals surface area contributed by atoms with Gasteiger partial charge in [0, 0.05) is 6.20 Å². The lowest BCUT2D eigenvalue weighted by atomic mass is 10.0. The van der Waals surface area contributed by atoms with E-state index >= 15 is 17.6 Å². The number of benzene rings is 3. The van der Waals surface area contributed by atoms with E-state index in [1.54, 1.807) is 42.5 Å². The maximum atomic E-state index is 15.8. The largest absolute Gasteiger partial charge is 0.497 e. The minimum absolute atomic E-state index is 0.0726. The van der Waals surface area contributed by atoms with E-state index in [9.17, 15) is 9.59 Å². The molecule has 0 bridgehead atoms. The summed E-state index contributed by atoms with van der Waals surface area (Å²) in [5.41, 5.74) is -3.74. The zero-order valence-electron chi connectivity index (χ0n) is 24.6. The van der Waals surface area contributed by atoms with Crippen LogP contribution in [0.3, 0.4) is 0 Å². The zero-order chi connectivity index (χ0) is 32.5. The summed E-state index contributed by atoms with van der Waals surface area (Å²) < 4.78 is 80.3. The number of pyridine rings is 1. The highest BCUT2D eigenvalue weighted by Crippen LogP contribution is 2.38. The molecule has 3 aromatic carbocycles. The van der Waals surface area contributed by atoms with E-state index in [0.717, 1.165) is 0 Å². The molecule has 8 nitrogen and oxygen atoms in total. The minimum atomic E-state index is -1.98. The number of fused-ring (bicyclic) bond motifs is 1. The van der Waals surface area contributed by atoms with E-state index in [4.69, 9.17) is 14.2 Å². The molecule has 0 fully saturated rings. The van der Waals surface area contributed by atoms with Gasteiger partial charge in [-0.1, -0.05) is 48.5 Å². The second kappa shape index (κ2) is 12.3. The molecule has 232 valence electrons. The molecule has 5 aromatic rings. The quantitative estimate of drug-likeness (QED) is 0.137. The predicted octanol–water partition coefficient (Wildman–Crippen LogP) is 7.73. The number of nitrogens with zero attached hydrogens (tertiary/aromatic N) is 3. The lowest BCUT2D eigenvalue weighted by molar-refractivity contribution is 0.0561. The molecule has 0 radical (unpaired) electrons. The Morgan fingerprint density at radius 1 is 0.844 bits per heavy atom. The highest BCUT2D eigenvalue weighted by atomic mass is 19.2. The Labute approximate surface area is 255 Å². The van der Waals surface area contributed by atoms with Gasteiger partial charge in [-0.05, 0) is 56.2 Å². The highest BCUT2D eigenvalue weighted by molar-refractivity contribution is 6.22. The number of carbonyl (C=O) groups excluding carboxylic acids is 2. The summed E-state index contributed by atoms with van der Waals surface area (Å²) in [6.07, 6.45) is -0.118. The summed E-state index contributed by atoms with van der Waals surface area (Å²) in [5, 5.41) is 4.26. The molecule has 0 saturated heterocycles. The number of rotatable bonds is 7. The minimum Gasteiger partial charge on any atom is -0.497 e. The van der Waals surface area contributed by atoms with Gasteiger partial charge in [-0.25, -0.2) is 31.8 Å². The van der Waals surface area contributed by atoms with Crippen LogP contribution in [0.25, 0.3) is 16.6 Å². The van der Waals surface area contributed by atoms with Gasteiger partial charge in [0.2, 0.25) is 5.88 Å². The van der Waals surface area contributed by atoms with Crippen molar-refractivity contribution in [2.75, 3.05) is 12.0 Å². The fourth-order valence-corrected chi connectivity index (χ4v) is 4.52. The Balaban J connectivity index is 1.67. The van der Waals surface area contributed by atoms with Gasteiger partial charge in [-0.15, -0.1) is 5.10 Å². The standard InChI is InChI=1S/C33H27F4N3O5/c1-33(2,3)45-32(42)40(29-27(36)25(34)23(26(35)28(29)37)20-10-6-5-7-11-20)31(41)24-22-12-8-9-17-39(22)38-30(24)44-18-19-13-15-21(43-4)16-14-19/h5-17H,18H2,1-4H3. The van der Waals surface area contributed by atoms with Gasteiger partial charge in [0.25, 0.3) is 5.91 Å². The first kappa shape index (κ1) is 31.0. The van der Waals surface area contributed by atoms with Crippen molar-refractivity contribution in [1.82, 2.24) is 9.61 Å². The van der Waals surface area contributed by atoms with E-state index < -0.39 is 57.7 Å². The van der Waals surface area contributed by atoms with Crippen LogP contribution in [0.4, 0.5) is 28.0 Å². The number of ether oxygens (including phenoxy) is 3. The van der Waals surface area contributed by atoms with Crippen LogP contribution in [0, 0.1) is 23.3 Å². The molecule has 5 rings (SSSR count). The molecular formula is C33H27F4N3O5. The number of carbonyl (C=O) groups is 2. The molecule has 0 spiro atoms. The summed E-state index contributed by atoms with van der Waals surface area (Å²) in [4.78, 5) is 27.6. The van der Waals surface area contributed by atoms with Crippen molar-refractivity contribution >= 4 is 23.2 Å². The molecule has 0 atom stereocenters. The first-order valence-electron chi connectivity index (χ1n) is 13.6. The van der Waals surface area contributed by atoms with Gasteiger partial charge in [0.1, 0.15) is 29.2 Å². The molecular weight excluding hydrogens is 594 g/mol. The Kier molecular flexibility index (Phi) is 8.49. The number of aromatic nitrogens is 2. The summed E-state index contributed by atoms with van der Waals surface area (Å²) in [6, 6.07) is 18.3. The third kappa shape index (κ3) is 6.17. The Hall–Kier alpha value is -5.39. The lowest BCUT2D eigenvalue weighted by Crippen LogP contribution is -2.42. The van der Waals surface area contributed by atoms with Gasteiger partial charge in [0.05, 0.1) is 18.2 Å². The number of amides is 2. The number of halogens is 4. The van der Waals surface area contributed by atoms with Crippen molar-refractivity contribution in [2.45, 2.75) is 33.0 Å². The molecule has 0 unspecified atom stereocenters. The molecule has 45 heavy (non-hydrogen) atoms. The van der Waals surface area contributed by atoms with Crippen molar-refractivity contribution in [3.63, 3.8) is 0 Å². The third-order valence-electron chi connectivity index (χ3n) is 6.56. The fourth-order valence-electron chi connectivity index (χ4n) is 4.52. The maximum absolute atomic E-state index is 15.8. The van der Waals surface area contributed by atoms with Crippen LogP contribution in [0.5, 0.6) is 11.6 Å². The number of imide groups is 1. The predicted molar refractivity (Wildman–Crippen MR) is 157 cm³/mol. The van der Waals surface area contributed by atoms with Crippen molar-refractivity contribution in [3.8, 4) is 22.8 Å². The van der Waals surface area contributed by atoms with Crippen molar-refractivity contribution < 1.29 is 41.4 Å².